The molecule has 2 fully saturated rings. The zero-order valence-corrected chi connectivity index (χ0v) is 17.8. The summed E-state index contributed by atoms with van der Waals surface area (Å²) in [5.41, 5.74) is 6.02. The van der Waals surface area contributed by atoms with Gasteiger partial charge in [0.05, 0.1) is 11.4 Å². The van der Waals surface area contributed by atoms with Crippen molar-refractivity contribution < 1.29 is 18.4 Å². The van der Waals surface area contributed by atoms with Gasteiger partial charge < -0.3 is 20.8 Å². The fourth-order valence-corrected chi connectivity index (χ4v) is 4.83. The lowest BCUT2D eigenvalue weighted by molar-refractivity contribution is 0.0408. The van der Waals surface area contributed by atoms with Crippen LogP contribution in [0.15, 0.2) is 28.9 Å². The minimum atomic E-state index is -0.932. The number of rotatable bonds is 5. The molecule has 2 aromatic rings. The number of carbonyl (C=O) groups excluding carboxylic acids is 1. The van der Waals surface area contributed by atoms with Crippen LogP contribution < -0.4 is 16.0 Å². The molecule has 0 radical (unpaired) electrons. The molecule has 1 aliphatic carbocycles. The molecule has 0 bridgehead atoms. The van der Waals surface area contributed by atoms with Crippen molar-refractivity contribution in [2.45, 2.75) is 50.5 Å². The maximum atomic E-state index is 14.5. The molecule has 1 saturated carbocycles. The van der Waals surface area contributed by atoms with Gasteiger partial charge in [0.15, 0.2) is 5.13 Å². The number of amides is 2. The van der Waals surface area contributed by atoms with Crippen molar-refractivity contribution in [3.05, 3.63) is 40.9 Å². The molecule has 2 heterocycles. The van der Waals surface area contributed by atoms with Crippen LogP contribution in [0.4, 0.5) is 24.4 Å². The molecular weight excluding hydrogens is 424 g/mol. The van der Waals surface area contributed by atoms with Gasteiger partial charge in [-0.2, -0.15) is 0 Å². The summed E-state index contributed by atoms with van der Waals surface area (Å²) in [7, 11) is 0. The Balaban J connectivity index is 1.27. The Bertz CT molecular complexity index is 935. The van der Waals surface area contributed by atoms with Crippen LogP contribution in [0.2, 0.25) is 0 Å². The van der Waals surface area contributed by atoms with E-state index in [1.165, 1.54) is 0 Å². The number of hydrogen-bond acceptors (Lipinski definition) is 6. The largest absolute Gasteiger partial charge is 0.392 e. The molecule has 166 valence electrons. The van der Waals surface area contributed by atoms with E-state index >= 15 is 0 Å². The topological polar surface area (TPSA) is 92.8 Å². The van der Waals surface area contributed by atoms with Crippen LogP contribution in [-0.4, -0.2) is 35.9 Å². The highest BCUT2D eigenvalue weighted by atomic mass is 32.1. The number of piperidine rings is 1. The van der Waals surface area contributed by atoms with Crippen LogP contribution in [0.25, 0.3) is 0 Å². The van der Waals surface area contributed by atoms with Crippen LogP contribution in [-0.2, 0) is 4.84 Å². The van der Waals surface area contributed by atoms with Crippen molar-refractivity contribution >= 4 is 33.9 Å². The second-order valence-electron chi connectivity index (χ2n) is 7.88. The summed E-state index contributed by atoms with van der Waals surface area (Å²) in [4.78, 5) is 23.3. The number of nitrogens with one attached hydrogen (secondary N) is 1. The van der Waals surface area contributed by atoms with Crippen LogP contribution in [0, 0.1) is 11.6 Å². The maximum Gasteiger partial charge on any atom is 0.316 e. The van der Waals surface area contributed by atoms with Crippen molar-refractivity contribution in [1.82, 2.24) is 4.98 Å². The summed E-state index contributed by atoms with van der Waals surface area (Å²) in [6.45, 7) is 1.80. The number of hydrogen-bond donors (Lipinski definition) is 2. The molecule has 10 heteroatoms. The highest BCUT2D eigenvalue weighted by molar-refractivity contribution is 7.13. The van der Waals surface area contributed by atoms with Crippen LogP contribution in [0.3, 0.4) is 0 Å². The van der Waals surface area contributed by atoms with Gasteiger partial charge in [-0.3, -0.25) is 0 Å². The predicted octanol–water partition coefficient (Wildman–Crippen LogP) is 4.61. The monoisotopic (exact) mass is 449 g/mol. The van der Waals surface area contributed by atoms with Gasteiger partial charge in [0, 0.05) is 43.6 Å². The van der Waals surface area contributed by atoms with Gasteiger partial charge in [0.25, 0.3) is 0 Å². The average molecular weight is 450 g/mol. The highest BCUT2D eigenvalue weighted by Crippen LogP contribution is 2.35. The fraction of sp³-hybridized carbons (Fsp3) is 0.476. The van der Waals surface area contributed by atoms with Crippen LogP contribution in [0.5, 0.6) is 0 Å². The molecule has 31 heavy (non-hydrogen) atoms. The first-order chi connectivity index (χ1) is 15.0. The van der Waals surface area contributed by atoms with Gasteiger partial charge in [-0.05, 0) is 43.2 Å². The van der Waals surface area contributed by atoms with Crippen molar-refractivity contribution in [2.24, 2.45) is 10.9 Å². The zero-order chi connectivity index (χ0) is 21.8. The van der Waals surface area contributed by atoms with E-state index in [9.17, 15) is 13.6 Å². The predicted molar refractivity (Wildman–Crippen MR) is 117 cm³/mol. The molecular formula is C21H25F2N5O2S. The first-order valence-corrected chi connectivity index (χ1v) is 11.3. The van der Waals surface area contributed by atoms with Crippen molar-refractivity contribution in [1.29, 1.82) is 0 Å². The van der Waals surface area contributed by atoms with Gasteiger partial charge >= 0.3 is 6.03 Å². The third kappa shape index (κ3) is 5.30. The number of thiazole rings is 1. The van der Waals surface area contributed by atoms with Crippen molar-refractivity contribution in [3.63, 3.8) is 0 Å². The summed E-state index contributed by atoms with van der Waals surface area (Å²) in [6.07, 6.45) is 6.42. The number of benzene rings is 1. The minimum Gasteiger partial charge on any atom is -0.392 e. The van der Waals surface area contributed by atoms with E-state index in [4.69, 9.17) is 10.6 Å². The van der Waals surface area contributed by atoms with Crippen LogP contribution in [0.1, 0.15) is 50.0 Å². The van der Waals surface area contributed by atoms with E-state index in [0.29, 0.717) is 31.2 Å². The number of urea groups is 1. The van der Waals surface area contributed by atoms with E-state index in [-0.39, 0.29) is 17.7 Å². The van der Waals surface area contributed by atoms with Crippen molar-refractivity contribution in [3.8, 4) is 0 Å². The Morgan fingerprint density at radius 2 is 1.94 bits per heavy atom. The van der Waals surface area contributed by atoms with E-state index in [2.05, 4.69) is 20.4 Å². The summed E-state index contributed by atoms with van der Waals surface area (Å²) >= 11 is 1.64. The Labute approximate surface area is 183 Å². The molecule has 1 aromatic carbocycles. The lowest BCUT2D eigenvalue weighted by atomic mass is 9.83. The molecule has 0 spiro atoms. The lowest BCUT2D eigenvalue weighted by Crippen LogP contribution is -2.36. The smallest absolute Gasteiger partial charge is 0.316 e. The summed E-state index contributed by atoms with van der Waals surface area (Å²) in [6, 6.07) is 1.21. The lowest BCUT2D eigenvalue weighted by Gasteiger charge is -2.30. The Kier molecular flexibility index (Phi) is 6.64. The maximum absolute atomic E-state index is 14.5. The molecule has 0 unspecified atom stereocenters. The first-order valence-electron chi connectivity index (χ1n) is 10.4. The number of nitrogens with zero attached hydrogens (tertiary/aromatic N) is 3. The summed E-state index contributed by atoms with van der Waals surface area (Å²) in [5.74, 6) is -1.33. The van der Waals surface area contributed by atoms with E-state index in [0.717, 1.165) is 48.9 Å². The first kappa shape index (κ1) is 21.5. The summed E-state index contributed by atoms with van der Waals surface area (Å²) < 4.78 is 28.6. The zero-order valence-electron chi connectivity index (χ0n) is 17.0. The normalized spacial score (nSPS) is 19.9. The quantitative estimate of drug-likeness (QED) is 0.652. The van der Waals surface area contributed by atoms with Gasteiger partial charge in [0.2, 0.25) is 0 Å². The number of oxime groups is 1. The second-order valence-corrected chi connectivity index (χ2v) is 8.75. The molecule has 4 rings (SSSR count). The van der Waals surface area contributed by atoms with Gasteiger partial charge in [0.1, 0.15) is 17.7 Å². The SMILES string of the molecule is NC(=O)Nc1cc(F)c(C2CCC(=NOC3CCN(c4nccs4)CC3)CC2)cc1F. The number of primary amides is 1. The molecule has 2 amide bonds. The summed E-state index contributed by atoms with van der Waals surface area (Å²) in [5, 5.41) is 9.48. The molecule has 2 aliphatic rings. The number of halogens is 2. The molecule has 1 aliphatic heterocycles. The van der Waals surface area contributed by atoms with Crippen LogP contribution >= 0.6 is 11.3 Å². The molecule has 1 saturated heterocycles. The van der Waals surface area contributed by atoms with Gasteiger partial charge in [-0.25, -0.2) is 18.6 Å². The van der Waals surface area contributed by atoms with E-state index < -0.39 is 17.7 Å². The number of carbonyl (C=O) groups is 1. The van der Waals surface area contributed by atoms with Gasteiger partial charge in [-0.1, -0.05) is 5.16 Å². The average Bonchev–Trinajstić information content (AvgIpc) is 3.30. The van der Waals surface area contributed by atoms with Gasteiger partial charge in [-0.15, -0.1) is 11.3 Å². The number of aromatic nitrogens is 1. The Morgan fingerprint density at radius 3 is 2.58 bits per heavy atom. The minimum absolute atomic E-state index is 0.0956. The third-order valence-corrected chi connectivity index (χ3v) is 6.64. The standard InChI is InChI=1S/C21H25F2N5O2S/c22-17-12-19(26-20(24)29)18(23)11-16(17)13-1-3-14(4-2-13)27-30-15-5-8-28(9-6-15)21-25-7-10-31-21/h7,10-13,15H,1-6,8-9H2,(H3,24,26,29). The number of nitrogens with two attached hydrogens (primary N) is 1. The fourth-order valence-electron chi connectivity index (χ4n) is 4.13. The molecule has 0 atom stereocenters. The molecule has 7 nitrogen and oxygen atoms in total. The third-order valence-electron chi connectivity index (χ3n) is 5.81. The highest BCUT2D eigenvalue weighted by Gasteiger charge is 2.25. The number of anilines is 2. The van der Waals surface area contributed by atoms with E-state index in [1.54, 1.807) is 11.3 Å². The molecule has 1 aromatic heterocycles. The molecule has 3 N–H and O–H groups in total. The second kappa shape index (κ2) is 9.59. The Hall–Kier alpha value is -2.75. The van der Waals surface area contributed by atoms with E-state index in [1.807, 2.05) is 11.6 Å². The van der Waals surface area contributed by atoms with Crippen molar-refractivity contribution in [2.75, 3.05) is 23.3 Å². The Morgan fingerprint density at radius 1 is 1.19 bits per heavy atom.